The normalized spacial score (nSPS) is 16.4. The lowest BCUT2D eigenvalue weighted by Crippen LogP contribution is -2.31. The fourth-order valence-electron chi connectivity index (χ4n) is 2.72. The van der Waals surface area contributed by atoms with Gasteiger partial charge >= 0.3 is 7.11 Å². The van der Waals surface area contributed by atoms with Crippen molar-refractivity contribution < 1.29 is 22.4 Å². The smallest absolute Gasteiger partial charge is 0.569 e. The molecule has 0 saturated heterocycles. The van der Waals surface area contributed by atoms with Crippen LogP contribution in [0, 0.1) is 0 Å². The highest BCUT2D eigenvalue weighted by Crippen LogP contribution is 2.31. The summed E-state index contributed by atoms with van der Waals surface area (Å²) < 4.78 is 42.8. The van der Waals surface area contributed by atoms with Crippen molar-refractivity contribution >= 4 is 18.6 Å². The Kier molecular flexibility index (Phi) is 4.61. The molecule has 3 rings (SSSR count). The van der Waals surface area contributed by atoms with Crippen LogP contribution in [-0.4, -0.2) is 20.0 Å². The van der Waals surface area contributed by atoms with Gasteiger partial charge in [-0.2, -0.15) is 0 Å². The van der Waals surface area contributed by atoms with E-state index in [2.05, 4.69) is 20.8 Å². The van der Waals surface area contributed by atoms with Crippen molar-refractivity contribution in [3.8, 4) is 5.75 Å². The van der Waals surface area contributed by atoms with Gasteiger partial charge in [-0.15, -0.1) is 0 Å². The highest BCUT2D eigenvalue weighted by molar-refractivity contribution is 6.52. The van der Waals surface area contributed by atoms with Crippen molar-refractivity contribution in [1.29, 1.82) is 0 Å². The van der Waals surface area contributed by atoms with Crippen molar-refractivity contribution in [2.75, 3.05) is 7.11 Å². The monoisotopic (exact) mass is 358 g/mol. The topological polar surface area (TPSA) is 29.8 Å². The molecule has 0 aliphatic carbocycles. The molecule has 0 spiro atoms. The Hall–Kier alpha value is -2.63. The second-order valence-corrected chi connectivity index (χ2v) is 7.20. The zero-order valence-corrected chi connectivity index (χ0v) is 15.3. The van der Waals surface area contributed by atoms with Gasteiger partial charge in [0.05, 0.1) is 24.5 Å². The molecule has 3 nitrogen and oxygen atoms in total. The van der Waals surface area contributed by atoms with E-state index in [0.717, 1.165) is 5.56 Å². The molecule has 1 aliphatic rings. The van der Waals surface area contributed by atoms with E-state index in [-0.39, 0.29) is 17.0 Å². The van der Waals surface area contributed by atoms with E-state index < -0.39 is 7.11 Å². The van der Waals surface area contributed by atoms with Gasteiger partial charge in [0.15, 0.2) is 0 Å². The van der Waals surface area contributed by atoms with Crippen LogP contribution in [0.15, 0.2) is 54.6 Å². The number of rotatable bonds is 3. The average Bonchev–Trinajstić information content (AvgIpc) is 2.60. The Balaban J connectivity index is 1.99. The van der Waals surface area contributed by atoms with Crippen molar-refractivity contribution in [1.82, 2.24) is 0 Å². The summed E-state index contributed by atoms with van der Waals surface area (Å²) in [4.78, 5) is 0. The molecule has 1 aliphatic heterocycles. The molecule has 0 radical (unpaired) electrons. The van der Waals surface area contributed by atoms with Gasteiger partial charge in [0.2, 0.25) is 0 Å². The maximum Gasteiger partial charge on any atom is 0.995 e. The summed E-state index contributed by atoms with van der Waals surface area (Å²) >= 11 is 0. The van der Waals surface area contributed by atoms with Crippen LogP contribution in [0.1, 0.15) is 41.8 Å². The highest BCUT2D eigenvalue weighted by Gasteiger charge is 2.53. The van der Waals surface area contributed by atoms with Crippen LogP contribution in [0.25, 0.3) is 5.76 Å². The Morgan fingerprint density at radius 3 is 2.31 bits per heavy atom. The summed E-state index contributed by atoms with van der Waals surface area (Å²) in [5.41, 5.74) is 2.17. The quantitative estimate of drug-likeness (QED) is 0.561. The standard InChI is InChI=1S/C20H21BF2O3/c1-20(2,3)16-10-8-14(9-11-16)18-13-19(26-21(22,23)25-18)15-6-5-7-17(12-15)24-4/h5-13H,1-4H3. The number of methoxy groups -OCH3 is 1. The number of ether oxygens (including phenoxy) is 1. The summed E-state index contributed by atoms with van der Waals surface area (Å²) in [7, 11) is -2.93. The molecule has 26 heavy (non-hydrogen) atoms. The molecule has 2 aromatic rings. The van der Waals surface area contributed by atoms with Crippen LogP contribution in [0.3, 0.4) is 0 Å². The van der Waals surface area contributed by atoms with Crippen LogP contribution < -0.4 is 4.74 Å². The number of hydrogen-bond donors (Lipinski definition) is 0. The molecule has 0 fully saturated rings. The Bertz CT molecular complexity index is 865. The molecule has 0 amide bonds. The minimum Gasteiger partial charge on any atom is -0.569 e. The Labute approximate surface area is 152 Å². The number of ketones is 1. The summed E-state index contributed by atoms with van der Waals surface area (Å²) in [5.74, 6) is 0.694. The van der Waals surface area contributed by atoms with E-state index in [0.29, 0.717) is 16.9 Å². The van der Waals surface area contributed by atoms with Gasteiger partial charge in [0.25, 0.3) is 5.78 Å². The van der Waals surface area contributed by atoms with Crippen molar-refractivity contribution in [2.24, 2.45) is 0 Å². The lowest BCUT2D eigenvalue weighted by atomic mass is 9.86. The van der Waals surface area contributed by atoms with Gasteiger partial charge in [-0.25, -0.2) is 0 Å². The molecular formula is C20H21BF2O3. The molecule has 0 atom stereocenters. The lowest BCUT2D eigenvalue weighted by Gasteiger charge is -2.22. The fourth-order valence-corrected chi connectivity index (χ4v) is 2.72. The Morgan fingerprint density at radius 2 is 1.69 bits per heavy atom. The molecule has 0 unspecified atom stereocenters. The van der Waals surface area contributed by atoms with Gasteiger partial charge in [-0.3, -0.25) is 0 Å². The van der Waals surface area contributed by atoms with Gasteiger partial charge in [-0.1, -0.05) is 51.1 Å². The molecule has 0 saturated carbocycles. The van der Waals surface area contributed by atoms with Crippen LogP contribution in [0.5, 0.6) is 5.75 Å². The van der Waals surface area contributed by atoms with E-state index >= 15 is 0 Å². The van der Waals surface area contributed by atoms with E-state index in [1.54, 1.807) is 36.4 Å². The van der Waals surface area contributed by atoms with Crippen LogP contribution >= 0.6 is 0 Å². The SMILES string of the molecule is COc1cccc(C2=[O+][B-](F)(F)OC(c3ccc(C(C)(C)C)cc3)=C2)c1. The average molecular weight is 358 g/mol. The first-order chi connectivity index (χ1) is 12.2. The molecule has 1 heterocycles. The minimum atomic E-state index is -4.45. The predicted molar refractivity (Wildman–Crippen MR) is 99.5 cm³/mol. The lowest BCUT2D eigenvalue weighted by molar-refractivity contribution is -0.183. The molecule has 0 aromatic heterocycles. The first-order valence-corrected chi connectivity index (χ1v) is 8.40. The molecule has 6 heteroatoms. The third-order valence-corrected chi connectivity index (χ3v) is 4.18. The third-order valence-electron chi connectivity index (χ3n) is 4.18. The third kappa shape index (κ3) is 3.95. The van der Waals surface area contributed by atoms with Crippen LogP contribution in [0.2, 0.25) is 0 Å². The zero-order valence-electron chi connectivity index (χ0n) is 15.3. The van der Waals surface area contributed by atoms with Gasteiger partial charge in [-0.05, 0) is 29.2 Å². The maximum atomic E-state index is 14.1. The zero-order chi connectivity index (χ0) is 18.9. The second-order valence-electron chi connectivity index (χ2n) is 7.20. The summed E-state index contributed by atoms with van der Waals surface area (Å²) in [6, 6.07) is 14.2. The van der Waals surface area contributed by atoms with Crippen molar-refractivity contribution in [3.63, 3.8) is 0 Å². The summed E-state index contributed by atoms with van der Waals surface area (Å²) in [6.45, 7) is 6.29. The fraction of sp³-hybridized carbons (Fsp3) is 0.250. The highest BCUT2D eigenvalue weighted by atomic mass is 19.3. The van der Waals surface area contributed by atoms with Crippen LogP contribution in [-0.2, 0) is 10.1 Å². The van der Waals surface area contributed by atoms with Gasteiger partial charge < -0.3 is 22.4 Å². The number of carbonyl (C=O) groups excluding carboxylic acids is 1. The molecule has 136 valence electrons. The van der Waals surface area contributed by atoms with E-state index in [4.69, 9.17) is 13.7 Å². The summed E-state index contributed by atoms with van der Waals surface area (Å²) in [6.07, 6.45) is 1.49. The largest absolute Gasteiger partial charge is 0.995 e. The first kappa shape index (κ1) is 18.2. The first-order valence-electron chi connectivity index (χ1n) is 8.40. The molecule has 0 N–H and O–H groups in total. The number of hydrogen-bond acceptors (Lipinski definition) is 2. The molecule has 2 aromatic carbocycles. The van der Waals surface area contributed by atoms with Gasteiger partial charge in [0, 0.05) is 5.56 Å². The summed E-state index contributed by atoms with van der Waals surface area (Å²) in [5, 5.41) is 0. The van der Waals surface area contributed by atoms with Crippen molar-refractivity contribution in [2.45, 2.75) is 26.2 Å². The molecule has 0 bridgehead atoms. The molecular weight excluding hydrogens is 337 g/mol. The van der Waals surface area contributed by atoms with Crippen molar-refractivity contribution in [3.05, 3.63) is 71.3 Å². The Morgan fingerprint density at radius 1 is 1.00 bits per heavy atom. The maximum absolute atomic E-state index is 14.1. The predicted octanol–water partition coefficient (Wildman–Crippen LogP) is 5.16. The second kappa shape index (κ2) is 6.59. The van der Waals surface area contributed by atoms with Gasteiger partial charge in [0.1, 0.15) is 5.75 Å². The number of allylic oxidation sites excluding steroid dienone is 1. The number of halogens is 2. The number of benzene rings is 2. The van der Waals surface area contributed by atoms with E-state index in [1.807, 2.05) is 12.1 Å². The minimum absolute atomic E-state index is 0.0187. The van der Waals surface area contributed by atoms with E-state index in [9.17, 15) is 8.63 Å². The van der Waals surface area contributed by atoms with Crippen LogP contribution in [0.4, 0.5) is 8.63 Å². The van der Waals surface area contributed by atoms with E-state index in [1.165, 1.54) is 13.2 Å².